The largest absolute Gasteiger partial charge is 0.340 e. The number of amides is 5. The van der Waals surface area contributed by atoms with E-state index in [9.17, 15) is 19.2 Å². The molecular formula is C20H18N2O4. The van der Waals surface area contributed by atoms with Gasteiger partial charge in [0.25, 0.3) is 17.7 Å². The number of likely N-dealkylation sites (N-methyl/N-ethyl adjacent to an activating group) is 1. The van der Waals surface area contributed by atoms with Gasteiger partial charge in [0.15, 0.2) is 5.41 Å². The summed E-state index contributed by atoms with van der Waals surface area (Å²) in [7, 11) is 1.29. The topological polar surface area (TPSA) is 74.8 Å². The van der Waals surface area contributed by atoms with Crippen molar-refractivity contribution in [1.82, 2.24) is 9.80 Å². The summed E-state index contributed by atoms with van der Waals surface area (Å²) in [6.45, 7) is 1.69. The van der Waals surface area contributed by atoms with Crippen molar-refractivity contribution in [3.63, 3.8) is 0 Å². The summed E-state index contributed by atoms with van der Waals surface area (Å²) in [4.78, 5) is 53.1. The van der Waals surface area contributed by atoms with Gasteiger partial charge in [0.2, 0.25) is 0 Å². The van der Waals surface area contributed by atoms with Gasteiger partial charge in [0, 0.05) is 12.6 Å². The maximum atomic E-state index is 13.3. The Bertz CT molecular complexity index is 879. The van der Waals surface area contributed by atoms with E-state index in [0.717, 1.165) is 4.90 Å². The average molecular weight is 350 g/mol. The molecule has 0 saturated carbocycles. The van der Waals surface area contributed by atoms with Gasteiger partial charge < -0.3 is 0 Å². The predicted octanol–water partition coefficient (Wildman–Crippen LogP) is 2.60. The van der Waals surface area contributed by atoms with E-state index >= 15 is 0 Å². The third-order valence-electron chi connectivity index (χ3n) is 4.74. The lowest BCUT2D eigenvalue weighted by molar-refractivity contribution is -0.149. The van der Waals surface area contributed by atoms with Crippen LogP contribution in [-0.4, -0.2) is 40.6 Å². The molecule has 0 bridgehead atoms. The average Bonchev–Trinajstić information content (AvgIpc) is 2.69. The molecule has 132 valence electrons. The fourth-order valence-corrected chi connectivity index (χ4v) is 3.26. The van der Waals surface area contributed by atoms with E-state index in [4.69, 9.17) is 0 Å². The molecule has 1 aliphatic heterocycles. The number of urea groups is 1. The Labute approximate surface area is 151 Å². The molecule has 6 nitrogen and oxygen atoms in total. The fraction of sp³-hybridized carbons (Fsp3) is 0.200. The number of hydrogen-bond donors (Lipinski definition) is 0. The van der Waals surface area contributed by atoms with Crippen molar-refractivity contribution < 1.29 is 19.2 Å². The summed E-state index contributed by atoms with van der Waals surface area (Å²) in [6.07, 6.45) is 0.130. The maximum Gasteiger partial charge on any atom is 0.340 e. The van der Waals surface area contributed by atoms with Gasteiger partial charge in [-0.15, -0.1) is 0 Å². The highest BCUT2D eigenvalue weighted by molar-refractivity contribution is 6.30. The summed E-state index contributed by atoms with van der Waals surface area (Å²) >= 11 is 0. The molecule has 1 fully saturated rings. The fourth-order valence-electron chi connectivity index (χ4n) is 3.26. The van der Waals surface area contributed by atoms with Gasteiger partial charge >= 0.3 is 6.03 Å². The van der Waals surface area contributed by atoms with Crippen molar-refractivity contribution >= 4 is 23.8 Å². The number of barbiturate groups is 1. The molecule has 3 rings (SSSR count). The smallest absolute Gasteiger partial charge is 0.273 e. The molecule has 1 heterocycles. The molecule has 5 amide bonds. The minimum Gasteiger partial charge on any atom is -0.273 e. The monoisotopic (exact) mass is 350 g/mol. The van der Waals surface area contributed by atoms with Gasteiger partial charge in [-0.3, -0.25) is 19.3 Å². The summed E-state index contributed by atoms with van der Waals surface area (Å²) in [5.74, 6) is -2.18. The first-order valence-electron chi connectivity index (χ1n) is 8.26. The van der Waals surface area contributed by atoms with Crippen LogP contribution in [0.1, 0.15) is 29.3 Å². The van der Waals surface area contributed by atoms with Crippen molar-refractivity contribution in [3.05, 3.63) is 71.8 Å². The van der Waals surface area contributed by atoms with Crippen LogP contribution in [-0.2, 0) is 15.0 Å². The van der Waals surface area contributed by atoms with Crippen molar-refractivity contribution in [2.75, 3.05) is 7.05 Å². The van der Waals surface area contributed by atoms with E-state index in [1.807, 2.05) is 0 Å². The lowest BCUT2D eigenvalue weighted by Crippen LogP contribution is -2.67. The molecular weight excluding hydrogens is 332 g/mol. The standard InChI is InChI=1S/C20H18N2O4/c1-3-20(15-12-8-5-9-13-15)17(24)21(2)19(26)22(18(20)25)16(23)14-10-6-4-7-11-14/h4-13H,3H2,1-2H3. The highest BCUT2D eigenvalue weighted by atomic mass is 16.2. The molecule has 0 aliphatic carbocycles. The number of hydrogen-bond acceptors (Lipinski definition) is 4. The zero-order valence-corrected chi connectivity index (χ0v) is 14.5. The normalized spacial score (nSPS) is 20.5. The van der Waals surface area contributed by atoms with Crippen LogP contribution < -0.4 is 0 Å². The Morgan fingerprint density at radius 3 is 1.96 bits per heavy atom. The SMILES string of the molecule is CCC1(c2ccccc2)C(=O)N(C)C(=O)N(C(=O)c2ccccc2)C1=O. The molecule has 1 aliphatic rings. The van der Waals surface area contributed by atoms with Crippen LogP contribution in [0.5, 0.6) is 0 Å². The Kier molecular flexibility index (Phi) is 4.42. The molecule has 0 N–H and O–H groups in total. The Morgan fingerprint density at radius 2 is 1.42 bits per heavy atom. The van der Waals surface area contributed by atoms with Crippen LogP contribution in [0.2, 0.25) is 0 Å². The number of benzene rings is 2. The van der Waals surface area contributed by atoms with Gasteiger partial charge in [-0.25, -0.2) is 4.79 Å². The Morgan fingerprint density at radius 1 is 0.885 bits per heavy atom. The number of carbonyl (C=O) groups is 4. The second-order valence-corrected chi connectivity index (χ2v) is 6.08. The van der Waals surface area contributed by atoms with Crippen LogP contribution in [0.15, 0.2) is 60.7 Å². The summed E-state index contributed by atoms with van der Waals surface area (Å²) in [6, 6.07) is 15.6. The summed E-state index contributed by atoms with van der Waals surface area (Å²) in [5.41, 5.74) is -0.938. The summed E-state index contributed by atoms with van der Waals surface area (Å²) in [5, 5.41) is 0. The predicted molar refractivity (Wildman–Crippen MR) is 94.2 cm³/mol. The number of imide groups is 4. The molecule has 1 atom stereocenters. The number of nitrogens with zero attached hydrogens (tertiary/aromatic N) is 2. The van der Waals surface area contributed by atoms with Crippen LogP contribution in [0.4, 0.5) is 4.79 Å². The van der Waals surface area contributed by atoms with Gasteiger partial charge in [0.05, 0.1) is 0 Å². The molecule has 2 aromatic carbocycles. The molecule has 1 unspecified atom stereocenters. The van der Waals surface area contributed by atoms with Crippen LogP contribution in [0.3, 0.4) is 0 Å². The van der Waals surface area contributed by atoms with Crippen LogP contribution in [0.25, 0.3) is 0 Å². The van der Waals surface area contributed by atoms with E-state index in [0.29, 0.717) is 10.5 Å². The third-order valence-corrected chi connectivity index (χ3v) is 4.74. The van der Waals surface area contributed by atoms with Gasteiger partial charge in [-0.1, -0.05) is 55.5 Å². The Hall–Kier alpha value is -3.28. The van der Waals surface area contributed by atoms with E-state index in [1.165, 1.54) is 19.2 Å². The van der Waals surface area contributed by atoms with Crippen LogP contribution >= 0.6 is 0 Å². The highest BCUT2D eigenvalue weighted by Gasteiger charge is 2.58. The molecule has 0 radical (unpaired) electrons. The van der Waals surface area contributed by atoms with Crippen molar-refractivity contribution in [2.24, 2.45) is 0 Å². The van der Waals surface area contributed by atoms with Crippen LogP contribution in [0, 0.1) is 0 Å². The molecule has 1 saturated heterocycles. The van der Waals surface area contributed by atoms with Crippen molar-refractivity contribution in [3.8, 4) is 0 Å². The summed E-state index contributed by atoms with van der Waals surface area (Å²) < 4.78 is 0. The lowest BCUT2D eigenvalue weighted by atomic mass is 9.74. The zero-order chi connectivity index (χ0) is 18.9. The molecule has 0 aromatic heterocycles. The number of rotatable bonds is 3. The van der Waals surface area contributed by atoms with Gasteiger partial charge in [-0.05, 0) is 24.1 Å². The second-order valence-electron chi connectivity index (χ2n) is 6.08. The molecule has 2 aromatic rings. The second kappa shape index (κ2) is 6.55. The zero-order valence-electron chi connectivity index (χ0n) is 14.5. The molecule has 6 heteroatoms. The molecule has 0 spiro atoms. The quantitative estimate of drug-likeness (QED) is 0.630. The van der Waals surface area contributed by atoms with E-state index in [-0.39, 0.29) is 12.0 Å². The van der Waals surface area contributed by atoms with Crippen molar-refractivity contribution in [1.29, 1.82) is 0 Å². The van der Waals surface area contributed by atoms with Crippen molar-refractivity contribution in [2.45, 2.75) is 18.8 Å². The number of carbonyl (C=O) groups excluding carboxylic acids is 4. The van der Waals surface area contributed by atoms with Gasteiger partial charge in [0.1, 0.15) is 0 Å². The van der Waals surface area contributed by atoms with E-state index in [1.54, 1.807) is 55.5 Å². The van der Waals surface area contributed by atoms with Gasteiger partial charge in [-0.2, -0.15) is 4.90 Å². The third kappa shape index (κ3) is 2.42. The van der Waals surface area contributed by atoms with E-state index < -0.39 is 29.2 Å². The first-order valence-corrected chi connectivity index (χ1v) is 8.26. The minimum atomic E-state index is -1.60. The lowest BCUT2D eigenvalue weighted by Gasteiger charge is -2.41. The minimum absolute atomic E-state index is 0.130. The first-order chi connectivity index (χ1) is 12.4. The van der Waals surface area contributed by atoms with E-state index in [2.05, 4.69) is 0 Å². The molecule has 26 heavy (non-hydrogen) atoms. The first kappa shape index (κ1) is 17.5. The maximum absolute atomic E-state index is 13.3. The Balaban J connectivity index is 2.15. The highest BCUT2D eigenvalue weighted by Crippen LogP contribution is 2.36.